The van der Waals surface area contributed by atoms with Gasteiger partial charge in [0.15, 0.2) is 0 Å². The lowest BCUT2D eigenvalue weighted by Crippen LogP contribution is -2.46. The molecule has 0 spiro atoms. The summed E-state index contributed by atoms with van der Waals surface area (Å²) >= 11 is 0. The van der Waals surface area contributed by atoms with Gasteiger partial charge in [-0.05, 0) is 57.8 Å². The van der Waals surface area contributed by atoms with Crippen LogP contribution in [-0.2, 0) is 18.4 Å². The number of phosphoric acid groups is 1. The Kier molecular flexibility index (Phi) is 48.6. The highest BCUT2D eigenvalue weighted by Crippen LogP contribution is 2.43. The minimum absolute atomic E-state index is 0.0438. The number of amides is 1. The Labute approximate surface area is 395 Å². The van der Waals surface area contributed by atoms with Crippen molar-refractivity contribution < 1.29 is 33.5 Å². The summed E-state index contributed by atoms with van der Waals surface area (Å²) in [6, 6.07) is -1.00. The molecule has 4 atom stereocenters. The molecule has 0 fully saturated rings. The number of rotatable bonds is 51. The number of hydrogen-bond donors (Lipinski definition) is 5. The lowest BCUT2D eigenvalue weighted by Gasteiger charge is -2.24. The fraction of sp³-hybridized carbons (Fsp3) is 0.870. The molecule has 1 amide bonds. The summed E-state index contributed by atoms with van der Waals surface area (Å²) in [5, 5.41) is 24.2. The van der Waals surface area contributed by atoms with Gasteiger partial charge in [-0.1, -0.05) is 237 Å². The molecule has 4 unspecified atom stereocenters. The van der Waals surface area contributed by atoms with Crippen LogP contribution in [-0.4, -0.2) is 59.0 Å². The molecular weight excluding hydrogens is 820 g/mol. The maximum Gasteiger partial charge on any atom is 0.472 e. The summed E-state index contributed by atoms with van der Waals surface area (Å²) in [4.78, 5) is 22.9. The fourth-order valence-electron chi connectivity index (χ4n) is 8.13. The monoisotopic (exact) mass is 925 g/mol. The normalized spacial score (nSPS) is 14.5. The Hall–Kier alpha value is -1.32. The Morgan fingerprint density at radius 3 is 1.30 bits per heavy atom. The van der Waals surface area contributed by atoms with Crippen LogP contribution < -0.4 is 11.1 Å². The number of carbonyl (C=O) groups is 1. The highest BCUT2D eigenvalue weighted by atomic mass is 31.2. The Balaban J connectivity index is 4.20. The van der Waals surface area contributed by atoms with Gasteiger partial charge in [0.25, 0.3) is 0 Å². The van der Waals surface area contributed by atoms with Gasteiger partial charge < -0.3 is 26.2 Å². The van der Waals surface area contributed by atoms with E-state index in [4.69, 9.17) is 14.8 Å². The molecule has 0 aromatic rings. The number of aliphatic hydroxyl groups excluding tert-OH is 2. The van der Waals surface area contributed by atoms with Gasteiger partial charge in [0, 0.05) is 6.54 Å². The van der Waals surface area contributed by atoms with Crippen LogP contribution in [0.5, 0.6) is 0 Å². The van der Waals surface area contributed by atoms with Gasteiger partial charge >= 0.3 is 7.82 Å². The molecule has 0 aromatic heterocycles. The van der Waals surface area contributed by atoms with E-state index < -0.39 is 38.6 Å². The van der Waals surface area contributed by atoms with Gasteiger partial charge in [-0.3, -0.25) is 13.8 Å². The summed E-state index contributed by atoms with van der Waals surface area (Å²) in [5.41, 5.74) is 5.39. The average Bonchev–Trinajstić information content (AvgIpc) is 3.28. The van der Waals surface area contributed by atoms with E-state index >= 15 is 0 Å². The maximum atomic E-state index is 12.9. The lowest BCUT2D eigenvalue weighted by atomic mass is 10.0. The molecule has 0 bridgehead atoms. The second kappa shape index (κ2) is 49.6. The molecule has 0 aliphatic rings. The van der Waals surface area contributed by atoms with Crippen LogP contribution in [0.3, 0.4) is 0 Å². The third-order valence-corrected chi connectivity index (χ3v) is 13.2. The van der Waals surface area contributed by atoms with Crippen LogP contribution in [0.25, 0.3) is 0 Å². The zero-order chi connectivity index (χ0) is 46.9. The first-order valence-electron chi connectivity index (χ1n) is 27.2. The van der Waals surface area contributed by atoms with Gasteiger partial charge in [0.1, 0.15) is 0 Å². The number of phosphoric ester groups is 1. The topological polar surface area (TPSA) is 151 Å². The number of carbonyl (C=O) groups excluding carboxylic acids is 1. The number of unbranched alkanes of at least 4 members (excludes halogenated alkanes) is 33. The van der Waals surface area contributed by atoms with E-state index in [0.29, 0.717) is 12.8 Å². The van der Waals surface area contributed by atoms with Crippen molar-refractivity contribution >= 4 is 13.7 Å². The molecule has 6 N–H and O–H groups in total. The van der Waals surface area contributed by atoms with E-state index in [1.54, 1.807) is 6.08 Å². The van der Waals surface area contributed by atoms with Gasteiger partial charge in [-0.2, -0.15) is 0 Å². The summed E-state index contributed by atoms with van der Waals surface area (Å²) in [6.07, 6.45) is 58.2. The van der Waals surface area contributed by atoms with Gasteiger partial charge in [0.05, 0.1) is 37.9 Å². The summed E-state index contributed by atoms with van der Waals surface area (Å²) in [5.74, 6) is -0.457. The number of allylic oxidation sites excluding steroid dienone is 5. The van der Waals surface area contributed by atoms with Crippen LogP contribution in [0, 0.1) is 0 Å². The van der Waals surface area contributed by atoms with E-state index in [-0.39, 0.29) is 19.6 Å². The van der Waals surface area contributed by atoms with Crippen LogP contribution in [0.15, 0.2) is 36.5 Å². The highest BCUT2D eigenvalue weighted by Gasteiger charge is 2.27. The summed E-state index contributed by atoms with van der Waals surface area (Å²) in [6.45, 7) is 3.99. The van der Waals surface area contributed by atoms with Gasteiger partial charge in [-0.25, -0.2) is 4.57 Å². The van der Waals surface area contributed by atoms with Crippen molar-refractivity contribution in [2.75, 3.05) is 19.8 Å². The van der Waals surface area contributed by atoms with E-state index in [0.717, 1.165) is 44.9 Å². The number of nitrogens with two attached hydrogens (primary N) is 1. The molecular formula is C54H105N2O7P. The van der Waals surface area contributed by atoms with E-state index in [1.165, 1.54) is 186 Å². The Bertz CT molecular complexity index is 1120. The molecule has 9 nitrogen and oxygen atoms in total. The number of hydrogen-bond acceptors (Lipinski definition) is 7. The number of nitrogens with one attached hydrogen (secondary N) is 1. The quantitative estimate of drug-likeness (QED) is 0.0230. The second-order valence-electron chi connectivity index (χ2n) is 18.6. The van der Waals surface area contributed by atoms with Crippen LogP contribution in [0.2, 0.25) is 0 Å². The molecule has 64 heavy (non-hydrogen) atoms. The molecule has 0 rings (SSSR count). The summed E-state index contributed by atoms with van der Waals surface area (Å²) in [7, 11) is -4.42. The molecule has 0 saturated carbocycles. The first-order chi connectivity index (χ1) is 31.3. The van der Waals surface area contributed by atoms with Crippen molar-refractivity contribution in [3.05, 3.63) is 36.5 Å². The maximum absolute atomic E-state index is 12.9. The van der Waals surface area contributed by atoms with E-state index in [2.05, 4.69) is 43.5 Å². The van der Waals surface area contributed by atoms with Crippen molar-refractivity contribution in [1.82, 2.24) is 5.32 Å². The fourth-order valence-corrected chi connectivity index (χ4v) is 8.89. The standard InChI is InChI=1S/C54H105N2O7P/c1-3-5-7-9-11-13-15-17-19-21-23-25-27-29-31-33-35-37-39-41-43-45-51(57)49-54(59)56-52(50-63-64(60,61)62-48-47-55)53(58)46-44-42-40-38-36-34-32-30-28-26-24-22-20-18-16-14-12-10-8-6-4-2/h29,31,36,38,44,46,51-53,57-58H,3-28,30,32-35,37,39-43,45,47-50,55H2,1-2H3,(H,56,59)(H,60,61)/b31-29-,38-36+,46-44+. The minimum atomic E-state index is -4.42. The molecule has 0 aromatic carbocycles. The molecule has 0 radical (unpaired) electrons. The van der Waals surface area contributed by atoms with Gasteiger partial charge in [0.2, 0.25) is 5.91 Å². The Morgan fingerprint density at radius 2 is 0.891 bits per heavy atom. The summed E-state index contributed by atoms with van der Waals surface area (Å²) < 4.78 is 22.2. The lowest BCUT2D eigenvalue weighted by molar-refractivity contribution is -0.124. The molecule has 0 heterocycles. The zero-order valence-corrected chi connectivity index (χ0v) is 42.8. The molecule has 0 saturated heterocycles. The molecule has 0 aliphatic carbocycles. The van der Waals surface area contributed by atoms with Crippen molar-refractivity contribution in [2.45, 2.75) is 283 Å². The van der Waals surface area contributed by atoms with Crippen molar-refractivity contribution in [3.8, 4) is 0 Å². The van der Waals surface area contributed by atoms with Crippen molar-refractivity contribution in [2.24, 2.45) is 5.73 Å². The molecule has 10 heteroatoms. The first kappa shape index (κ1) is 62.7. The Morgan fingerprint density at radius 1 is 0.531 bits per heavy atom. The van der Waals surface area contributed by atoms with Crippen LogP contribution >= 0.6 is 7.82 Å². The molecule has 378 valence electrons. The third-order valence-electron chi connectivity index (χ3n) is 12.2. The predicted molar refractivity (Wildman–Crippen MR) is 274 cm³/mol. The van der Waals surface area contributed by atoms with Crippen molar-refractivity contribution in [1.29, 1.82) is 0 Å². The van der Waals surface area contributed by atoms with Crippen LogP contribution in [0.1, 0.15) is 264 Å². The van der Waals surface area contributed by atoms with Crippen LogP contribution in [0.4, 0.5) is 0 Å². The highest BCUT2D eigenvalue weighted by molar-refractivity contribution is 7.47. The van der Waals surface area contributed by atoms with Gasteiger partial charge in [-0.15, -0.1) is 0 Å². The third kappa shape index (κ3) is 47.2. The van der Waals surface area contributed by atoms with Crippen molar-refractivity contribution in [3.63, 3.8) is 0 Å². The average molecular weight is 925 g/mol. The van der Waals surface area contributed by atoms with E-state index in [9.17, 15) is 24.5 Å². The smallest absolute Gasteiger partial charge is 0.393 e. The number of aliphatic hydroxyl groups is 2. The first-order valence-corrected chi connectivity index (χ1v) is 28.7. The largest absolute Gasteiger partial charge is 0.472 e. The minimum Gasteiger partial charge on any atom is -0.393 e. The zero-order valence-electron chi connectivity index (χ0n) is 41.9. The predicted octanol–water partition coefficient (Wildman–Crippen LogP) is 15.2. The van der Waals surface area contributed by atoms with E-state index in [1.807, 2.05) is 6.08 Å². The second-order valence-corrected chi connectivity index (χ2v) is 20.1. The SMILES string of the molecule is CCCCCCCCCCCCCC/C=C\CCCCCCCC(O)CC(=O)NC(COP(=O)(O)OCCN)C(O)/C=C/CC/C=C/CCCCCCCCCCCCCCCCC. The molecule has 0 aliphatic heterocycles.